The maximum Gasteiger partial charge on any atom is 0.267 e. The van der Waals surface area contributed by atoms with Crippen molar-refractivity contribution < 1.29 is 9.59 Å². The van der Waals surface area contributed by atoms with Gasteiger partial charge in [-0.15, -0.1) is 0 Å². The number of anilines is 2. The summed E-state index contributed by atoms with van der Waals surface area (Å²) in [6.45, 7) is 4.92. The first-order valence-corrected chi connectivity index (χ1v) is 9.63. The Morgan fingerprint density at radius 1 is 0.967 bits per heavy atom. The number of hydrogen-bond donors (Lipinski definition) is 2. The molecule has 0 aliphatic carbocycles. The Hall–Kier alpha value is -3.45. The Morgan fingerprint density at radius 2 is 1.63 bits per heavy atom. The SMILES string of the molecule is CC(=O)Nc1cc(-c2ccc(=O)n(CC(=O)Nc3cc(Cl)ccc3C)n2)ccc1C. The molecule has 0 saturated carbocycles. The van der Waals surface area contributed by atoms with Crippen molar-refractivity contribution in [1.29, 1.82) is 0 Å². The summed E-state index contributed by atoms with van der Waals surface area (Å²) in [6, 6.07) is 13.6. The minimum absolute atomic E-state index is 0.179. The van der Waals surface area contributed by atoms with Crippen LogP contribution in [0.1, 0.15) is 18.1 Å². The van der Waals surface area contributed by atoms with Crippen molar-refractivity contribution in [3.63, 3.8) is 0 Å². The second kappa shape index (κ2) is 8.92. The van der Waals surface area contributed by atoms with Crippen LogP contribution in [0.15, 0.2) is 53.3 Å². The van der Waals surface area contributed by atoms with Crippen molar-refractivity contribution in [2.45, 2.75) is 27.3 Å². The van der Waals surface area contributed by atoms with Crippen LogP contribution >= 0.6 is 11.6 Å². The molecule has 0 aliphatic heterocycles. The van der Waals surface area contributed by atoms with Crippen LogP contribution in [0.5, 0.6) is 0 Å². The maximum atomic E-state index is 12.5. The highest BCUT2D eigenvalue weighted by molar-refractivity contribution is 6.31. The van der Waals surface area contributed by atoms with Gasteiger partial charge in [0.1, 0.15) is 6.54 Å². The van der Waals surface area contributed by atoms with Crippen LogP contribution in [0.4, 0.5) is 11.4 Å². The third-order valence-corrected chi connectivity index (χ3v) is 4.71. The number of hydrogen-bond acceptors (Lipinski definition) is 4. The molecule has 8 heteroatoms. The lowest BCUT2D eigenvalue weighted by atomic mass is 10.1. The van der Waals surface area contributed by atoms with E-state index in [-0.39, 0.29) is 12.5 Å². The van der Waals surface area contributed by atoms with E-state index in [9.17, 15) is 14.4 Å². The lowest BCUT2D eigenvalue weighted by Gasteiger charge is -2.12. The van der Waals surface area contributed by atoms with Crippen molar-refractivity contribution in [3.8, 4) is 11.3 Å². The van der Waals surface area contributed by atoms with Gasteiger partial charge in [-0.1, -0.05) is 29.8 Å². The van der Waals surface area contributed by atoms with Gasteiger partial charge in [-0.25, -0.2) is 4.68 Å². The number of rotatable bonds is 5. The van der Waals surface area contributed by atoms with Crippen molar-refractivity contribution in [2.24, 2.45) is 0 Å². The van der Waals surface area contributed by atoms with E-state index in [4.69, 9.17) is 11.6 Å². The topological polar surface area (TPSA) is 93.1 Å². The molecule has 0 radical (unpaired) electrons. The van der Waals surface area contributed by atoms with Gasteiger partial charge in [0.05, 0.1) is 5.69 Å². The fourth-order valence-electron chi connectivity index (χ4n) is 2.88. The summed E-state index contributed by atoms with van der Waals surface area (Å²) in [4.78, 5) is 36.1. The molecule has 30 heavy (non-hydrogen) atoms. The summed E-state index contributed by atoms with van der Waals surface area (Å²) in [5, 5.41) is 10.3. The van der Waals surface area contributed by atoms with Crippen molar-refractivity contribution >= 4 is 34.8 Å². The molecule has 3 rings (SSSR count). The van der Waals surface area contributed by atoms with Gasteiger partial charge >= 0.3 is 0 Å². The first kappa shape index (κ1) is 21.3. The average molecular weight is 425 g/mol. The molecule has 154 valence electrons. The van der Waals surface area contributed by atoms with Crippen LogP contribution in [0.3, 0.4) is 0 Å². The fraction of sp³-hybridized carbons (Fsp3) is 0.182. The number of benzene rings is 2. The molecule has 0 fully saturated rings. The van der Waals surface area contributed by atoms with Crippen molar-refractivity contribution in [2.75, 3.05) is 10.6 Å². The van der Waals surface area contributed by atoms with Crippen LogP contribution < -0.4 is 16.2 Å². The molecule has 7 nitrogen and oxygen atoms in total. The molecule has 0 atom stereocenters. The second-order valence-electron chi connectivity index (χ2n) is 6.93. The van der Waals surface area contributed by atoms with Gasteiger partial charge in [0.15, 0.2) is 0 Å². The first-order chi connectivity index (χ1) is 14.2. The van der Waals surface area contributed by atoms with Crippen LogP contribution in [0.2, 0.25) is 5.02 Å². The molecular weight excluding hydrogens is 404 g/mol. The predicted molar refractivity (Wildman–Crippen MR) is 118 cm³/mol. The Morgan fingerprint density at radius 3 is 2.33 bits per heavy atom. The Balaban J connectivity index is 1.85. The van der Waals surface area contributed by atoms with Gasteiger partial charge in [0.2, 0.25) is 11.8 Å². The molecule has 0 aliphatic rings. The van der Waals surface area contributed by atoms with Crippen LogP contribution in [0.25, 0.3) is 11.3 Å². The molecule has 0 unspecified atom stereocenters. The van der Waals surface area contributed by atoms with E-state index < -0.39 is 11.5 Å². The monoisotopic (exact) mass is 424 g/mol. The third-order valence-electron chi connectivity index (χ3n) is 4.48. The summed E-state index contributed by atoms with van der Waals surface area (Å²) in [6.07, 6.45) is 0. The lowest BCUT2D eigenvalue weighted by Crippen LogP contribution is -2.29. The quantitative estimate of drug-likeness (QED) is 0.651. The van der Waals surface area contributed by atoms with E-state index >= 15 is 0 Å². The van der Waals surface area contributed by atoms with Gasteiger partial charge in [-0.2, -0.15) is 5.10 Å². The van der Waals surface area contributed by atoms with Gasteiger partial charge in [0.25, 0.3) is 5.56 Å². The van der Waals surface area contributed by atoms with Gasteiger partial charge < -0.3 is 10.6 Å². The highest BCUT2D eigenvalue weighted by atomic mass is 35.5. The second-order valence-corrected chi connectivity index (χ2v) is 7.37. The standard InChI is InChI=1S/C22H21ClN4O3/c1-13-4-6-16(10-19(13)24-15(3)28)18-8-9-22(30)27(26-18)12-21(29)25-20-11-17(23)7-5-14(20)2/h4-11H,12H2,1-3H3,(H,24,28)(H,25,29). The molecule has 1 heterocycles. The molecule has 0 bridgehead atoms. The number of carbonyl (C=O) groups is 2. The zero-order valence-corrected chi connectivity index (χ0v) is 17.6. The number of aromatic nitrogens is 2. The Kier molecular flexibility index (Phi) is 6.32. The normalized spacial score (nSPS) is 10.5. The fourth-order valence-corrected chi connectivity index (χ4v) is 3.05. The van der Waals surface area contributed by atoms with E-state index in [2.05, 4.69) is 15.7 Å². The minimum Gasteiger partial charge on any atom is -0.326 e. The lowest BCUT2D eigenvalue weighted by molar-refractivity contribution is -0.117. The van der Waals surface area contributed by atoms with E-state index in [0.717, 1.165) is 15.8 Å². The number of nitrogens with one attached hydrogen (secondary N) is 2. The molecule has 0 spiro atoms. The maximum absolute atomic E-state index is 12.5. The van der Waals surface area contributed by atoms with Gasteiger partial charge in [-0.05, 0) is 49.2 Å². The zero-order valence-electron chi connectivity index (χ0n) is 16.8. The molecule has 2 amide bonds. The highest BCUT2D eigenvalue weighted by Crippen LogP contribution is 2.24. The largest absolute Gasteiger partial charge is 0.326 e. The van der Waals surface area contributed by atoms with Crippen LogP contribution in [0, 0.1) is 13.8 Å². The van der Waals surface area contributed by atoms with Crippen molar-refractivity contribution in [3.05, 3.63) is 75.0 Å². The summed E-state index contributed by atoms with van der Waals surface area (Å²) >= 11 is 5.98. The molecule has 2 N–H and O–H groups in total. The summed E-state index contributed by atoms with van der Waals surface area (Å²) < 4.78 is 1.10. The van der Waals surface area contributed by atoms with E-state index in [0.29, 0.717) is 27.7 Å². The highest BCUT2D eigenvalue weighted by Gasteiger charge is 2.11. The number of aryl methyl sites for hydroxylation is 2. The van der Waals surface area contributed by atoms with Gasteiger partial charge in [-0.3, -0.25) is 14.4 Å². The predicted octanol–water partition coefficient (Wildman–Crippen LogP) is 3.78. The average Bonchev–Trinajstić information content (AvgIpc) is 2.68. The zero-order chi connectivity index (χ0) is 21.8. The number of halogens is 1. The van der Waals surface area contributed by atoms with E-state index in [1.807, 2.05) is 26.0 Å². The van der Waals surface area contributed by atoms with Crippen LogP contribution in [-0.2, 0) is 16.1 Å². The summed E-state index contributed by atoms with van der Waals surface area (Å²) in [5.41, 5.74) is 3.82. The Bertz CT molecular complexity index is 1190. The summed E-state index contributed by atoms with van der Waals surface area (Å²) in [7, 11) is 0. The molecule has 3 aromatic rings. The molecule has 2 aromatic carbocycles. The number of carbonyl (C=O) groups excluding carboxylic acids is 2. The van der Waals surface area contributed by atoms with Gasteiger partial charge in [0, 0.05) is 35.0 Å². The number of nitrogens with zero attached hydrogens (tertiary/aromatic N) is 2. The third kappa shape index (κ3) is 5.12. The minimum atomic E-state index is -0.397. The molecule has 0 saturated heterocycles. The molecule has 1 aromatic heterocycles. The first-order valence-electron chi connectivity index (χ1n) is 9.26. The van der Waals surface area contributed by atoms with E-state index in [1.165, 1.54) is 13.0 Å². The summed E-state index contributed by atoms with van der Waals surface area (Å²) in [5.74, 6) is -0.573. The smallest absolute Gasteiger partial charge is 0.267 e. The number of amides is 2. The van der Waals surface area contributed by atoms with Crippen LogP contribution in [-0.4, -0.2) is 21.6 Å². The van der Waals surface area contributed by atoms with Crippen molar-refractivity contribution in [1.82, 2.24) is 9.78 Å². The van der Waals surface area contributed by atoms with E-state index in [1.54, 1.807) is 30.3 Å². The molecular formula is C22H21ClN4O3. The Labute approximate surface area is 178 Å².